The zero-order chi connectivity index (χ0) is 14.8. The highest BCUT2D eigenvalue weighted by Gasteiger charge is 2.31. The Balaban J connectivity index is 1.92. The van der Waals surface area contributed by atoms with Crippen molar-refractivity contribution in [1.82, 2.24) is 5.32 Å². The molecule has 1 aliphatic rings. The smallest absolute Gasteiger partial charge is 0.130 e. The van der Waals surface area contributed by atoms with Gasteiger partial charge in [0.25, 0.3) is 0 Å². The molecule has 0 fully saturated rings. The zero-order valence-electron chi connectivity index (χ0n) is 11.8. The van der Waals surface area contributed by atoms with Crippen molar-refractivity contribution in [2.24, 2.45) is 5.92 Å². The lowest BCUT2D eigenvalue weighted by atomic mass is 9.86. The maximum atomic E-state index is 14.0. The Kier molecular flexibility index (Phi) is 3.88. The number of benzene rings is 2. The summed E-state index contributed by atoms with van der Waals surface area (Å²) < 4.78 is 33.8. The molecule has 0 spiro atoms. The van der Waals surface area contributed by atoms with Crippen molar-refractivity contribution >= 4 is 0 Å². The fraction of sp³-hybridized carbons (Fsp3) is 0.294. The molecular weight excluding hydrogens is 272 g/mol. The topological polar surface area (TPSA) is 21.3 Å². The van der Waals surface area contributed by atoms with Crippen molar-refractivity contribution in [3.63, 3.8) is 0 Å². The van der Waals surface area contributed by atoms with Crippen LogP contribution < -0.4 is 10.1 Å². The Bertz CT molecular complexity index is 624. The second-order valence-corrected chi connectivity index (χ2v) is 5.28. The second-order valence-electron chi connectivity index (χ2n) is 5.28. The van der Waals surface area contributed by atoms with Gasteiger partial charge in [-0.3, -0.25) is 0 Å². The van der Waals surface area contributed by atoms with E-state index in [1.165, 1.54) is 18.2 Å². The van der Waals surface area contributed by atoms with Gasteiger partial charge >= 0.3 is 0 Å². The number of rotatable bonds is 3. The number of halogens is 2. The van der Waals surface area contributed by atoms with E-state index >= 15 is 0 Å². The fourth-order valence-corrected chi connectivity index (χ4v) is 2.99. The lowest BCUT2D eigenvalue weighted by Gasteiger charge is -2.32. The molecule has 0 bridgehead atoms. The summed E-state index contributed by atoms with van der Waals surface area (Å²) in [5, 5.41) is 3.04. The summed E-state index contributed by atoms with van der Waals surface area (Å²) in [6, 6.07) is 11.3. The third-order valence-corrected chi connectivity index (χ3v) is 4.00. The van der Waals surface area contributed by atoms with Gasteiger partial charge in [-0.1, -0.05) is 24.3 Å². The summed E-state index contributed by atoms with van der Waals surface area (Å²) in [4.78, 5) is 0. The third-order valence-electron chi connectivity index (χ3n) is 4.00. The Morgan fingerprint density at radius 3 is 2.52 bits per heavy atom. The fourth-order valence-electron chi connectivity index (χ4n) is 2.99. The van der Waals surface area contributed by atoms with Gasteiger partial charge in [0, 0.05) is 17.5 Å². The summed E-state index contributed by atoms with van der Waals surface area (Å²) in [6.45, 7) is 0.441. The van der Waals surface area contributed by atoms with Gasteiger partial charge in [-0.05, 0) is 37.2 Å². The van der Waals surface area contributed by atoms with Gasteiger partial charge in [0.15, 0.2) is 0 Å². The first-order valence-electron chi connectivity index (χ1n) is 7.02. The molecule has 21 heavy (non-hydrogen) atoms. The highest BCUT2D eigenvalue weighted by Crippen LogP contribution is 2.35. The average molecular weight is 289 g/mol. The molecule has 0 aliphatic carbocycles. The van der Waals surface area contributed by atoms with Gasteiger partial charge in [0.05, 0.1) is 6.61 Å². The second kappa shape index (κ2) is 5.82. The minimum atomic E-state index is -0.520. The van der Waals surface area contributed by atoms with Crippen molar-refractivity contribution in [2.45, 2.75) is 12.5 Å². The van der Waals surface area contributed by atoms with E-state index < -0.39 is 17.7 Å². The van der Waals surface area contributed by atoms with E-state index in [0.717, 1.165) is 17.7 Å². The lowest BCUT2D eigenvalue weighted by molar-refractivity contribution is 0.184. The van der Waals surface area contributed by atoms with Gasteiger partial charge in [0.2, 0.25) is 0 Å². The molecule has 0 amide bonds. The van der Waals surface area contributed by atoms with E-state index in [9.17, 15) is 8.78 Å². The summed E-state index contributed by atoms with van der Waals surface area (Å²) in [5.74, 6) is -0.199. The van der Waals surface area contributed by atoms with E-state index in [1.54, 1.807) is 7.05 Å². The van der Waals surface area contributed by atoms with Crippen LogP contribution in [0.15, 0.2) is 42.5 Å². The molecule has 3 rings (SSSR count). The van der Waals surface area contributed by atoms with Crippen LogP contribution in [0.1, 0.15) is 17.2 Å². The van der Waals surface area contributed by atoms with Crippen LogP contribution in [0.2, 0.25) is 0 Å². The van der Waals surface area contributed by atoms with Crippen molar-refractivity contribution in [3.05, 3.63) is 65.2 Å². The molecule has 1 aliphatic heterocycles. The van der Waals surface area contributed by atoms with Gasteiger partial charge < -0.3 is 10.1 Å². The zero-order valence-corrected chi connectivity index (χ0v) is 11.8. The molecule has 110 valence electrons. The molecule has 4 heteroatoms. The quantitative estimate of drug-likeness (QED) is 0.934. The van der Waals surface area contributed by atoms with Gasteiger partial charge in [-0.2, -0.15) is 0 Å². The number of hydrogen-bond acceptors (Lipinski definition) is 2. The largest absolute Gasteiger partial charge is 0.493 e. The van der Waals surface area contributed by atoms with E-state index in [1.807, 2.05) is 24.3 Å². The molecule has 0 aromatic heterocycles. The van der Waals surface area contributed by atoms with Crippen molar-refractivity contribution < 1.29 is 13.5 Å². The molecular formula is C17H17F2NO. The Morgan fingerprint density at radius 2 is 1.81 bits per heavy atom. The Hall–Kier alpha value is -1.94. The predicted octanol–water partition coefficient (Wildman–Crippen LogP) is 3.48. The summed E-state index contributed by atoms with van der Waals surface area (Å²) in [7, 11) is 1.72. The number of para-hydroxylation sites is 1. The van der Waals surface area contributed by atoms with Crippen LogP contribution in [-0.2, 0) is 6.42 Å². The standard InChI is InChI=1S/C17H17F2NO/c1-20-17(16-13(18)6-4-7-14(16)19)12-9-11-5-2-3-8-15(11)21-10-12/h2-8,12,17,20H,9-10H2,1H3. The molecule has 0 radical (unpaired) electrons. The minimum absolute atomic E-state index is 0.0173. The highest BCUT2D eigenvalue weighted by atomic mass is 19.1. The van der Waals surface area contributed by atoms with Crippen molar-refractivity contribution in [2.75, 3.05) is 13.7 Å². The molecule has 1 heterocycles. The van der Waals surface area contributed by atoms with Gasteiger partial charge in [-0.15, -0.1) is 0 Å². The Morgan fingerprint density at radius 1 is 1.10 bits per heavy atom. The van der Waals surface area contributed by atoms with E-state index in [2.05, 4.69) is 5.32 Å². The van der Waals surface area contributed by atoms with Crippen LogP contribution in [0.4, 0.5) is 8.78 Å². The summed E-state index contributed by atoms with van der Waals surface area (Å²) in [5.41, 5.74) is 1.17. The van der Waals surface area contributed by atoms with Crippen LogP contribution in [0.5, 0.6) is 5.75 Å². The van der Waals surface area contributed by atoms with E-state index in [-0.39, 0.29) is 11.5 Å². The summed E-state index contributed by atoms with van der Waals surface area (Å²) in [6.07, 6.45) is 0.732. The molecule has 0 saturated heterocycles. The molecule has 2 nitrogen and oxygen atoms in total. The number of nitrogens with one attached hydrogen (secondary N) is 1. The lowest BCUT2D eigenvalue weighted by Crippen LogP contribution is -2.34. The molecule has 2 aromatic rings. The number of hydrogen-bond donors (Lipinski definition) is 1. The van der Waals surface area contributed by atoms with Crippen LogP contribution in [0.25, 0.3) is 0 Å². The van der Waals surface area contributed by atoms with Crippen LogP contribution in [0, 0.1) is 17.6 Å². The summed E-state index contributed by atoms with van der Waals surface area (Å²) >= 11 is 0. The normalized spacial score (nSPS) is 18.7. The molecule has 1 N–H and O–H groups in total. The molecule has 2 atom stereocenters. The monoisotopic (exact) mass is 289 g/mol. The van der Waals surface area contributed by atoms with Crippen molar-refractivity contribution in [1.29, 1.82) is 0 Å². The van der Waals surface area contributed by atoms with Gasteiger partial charge in [0.1, 0.15) is 17.4 Å². The first-order chi connectivity index (χ1) is 10.2. The van der Waals surface area contributed by atoms with Crippen molar-refractivity contribution in [3.8, 4) is 5.75 Å². The molecule has 2 aromatic carbocycles. The first-order valence-corrected chi connectivity index (χ1v) is 7.02. The number of fused-ring (bicyclic) bond motifs is 1. The molecule has 0 saturated carbocycles. The maximum absolute atomic E-state index is 14.0. The average Bonchev–Trinajstić information content (AvgIpc) is 2.50. The predicted molar refractivity (Wildman–Crippen MR) is 77.3 cm³/mol. The van der Waals surface area contributed by atoms with Gasteiger partial charge in [-0.25, -0.2) is 8.78 Å². The SMILES string of the molecule is CNC(c1c(F)cccc1F)C1COc2ccccc2C1. The van der Waals surface area contributed by atoms with Crippen LogP contribution >= 0.6 is 0 Å². The van der Waals surface area contributed by atoms with E-state index in [4.69, 9.17) is 4.74 Å². The Labute approximate surface area is 122 Å². The first kappa shape index (κ1) is 14.0. The van der Waals surface area contributed by atoms with Crippen LogP contribution in [-0.4, -0.2) is 13.7 Å². The number of ether oxygens (including phenoxy) is 1. The molecule has 2 unspecified atom stereocenters. The maximum Gasteiger partial charge on any atom is 0.130 e. The minimum Gasteiger partial charge on any atom is -0.493 e. The van der Waals surface area contributed by atoms with Crippen LogP contribution in [0.3, 0.4) is 0 Å². The third kappa shape index (κ3) is 2.63. The van der Waals surface area contributed by atoms with E-state index in [0.29, 0.717) is 6.61 Å². The highest BCUT2D eigenvalue weighted by molar-refractivity contribution is 5.36.